The van der Waals surface area contributed by atoms with Crippen molar-refractivity contribution in [3.63, 3.8) is 0 Å². The molecule has 0 atom stereocenters. The number of hydrogen-bond donors (Lipinski definition) is 2. The maximum absolute atomic E-state index is 12.4. The van der Waals surface area contributed by atoms with Gasteiger partial charge in [0.2, 0.25) is 0 Å². The number of nitrogens with one attached hydrogen (secondary N) is 1. The first-order chi connectivity index (χ1) is 12.1. The third-order valence-corrected chi connectivity index (χ3v) is 5.63. The van der Waals surface area contributed by atoms with Crippen molar-refractivity contribution in [3.05, 3.63) is 47.1 Å². The number of carbonyl (C=O) groups excluding carboxylic acids is 1. The van der Waals surface area contributed by atoms with Crippen molar-refractivity contribution in [1.29, 1.82) is 0 Å². The van der Waals surface area contributed by atoms with Gasteiger partial charge in [0.15, 0.2) is 5.69 Å². The summed E-state index contributed by atoms with van der Waals surface area (Å²) in [5.41, 5.74) is 1.02. The average Bonchev–Trinajstić information content (AvgIpc) is 3.33. The minimum Gasteiger partial charge on any atom is -0.477 e. The Balaban J connectivity index is 1.52. The molecule has 25 heavy (non-hydrogen) atoms. The summed E-state index contributed by atoms with van der Waals surface area (Å²) in [7, 11) is 0. The third kappa shape index (κ3) is 3.15. The minimum absolute atomic E-state index is 0.259. The van der Waals surface area contributed by atoms with Gasteiger partial charge < -0.3 is 10.4 Å². The predicted octanol–water partition coefficient (Wildman–Crippen LogP) is 4.16. The lowest BCUT2D eigenvalue weighted by molar-refractivity contribution is 0.0702. The summed E-state index contributed by atoms with van der Waals surface area (Å²) < 4.78 is 2.77. The van der Waals surface area contributed by atoms with E-state index in [4.69, 9.17) is 5.11 Å². The van der Waals surface area contributed by atoms with E-state index in [1.807, 2.05) is 16.9 Å². The molecular weight excluding hydrogens is 338 g/mol. The van der Waals surface area contributed by atoms with Gasteiger partial charge in [-0.25, -0.2) is 4.79 Å². The molecule has 1 aromatic carbocycles. The first kappa shape index (κ1) is 15.8. The van der Waals surface area contributed by atoms with Crippen LogP contribution in [-0.4, -0.2) is 26.8 Å². The summed E-state index contributed by atoms with van der Waals surface area (Å²) in [5.74, 6) is -1.20. The van der Waals surface area contributed by atoms with Crippen LogP contribution in [0.15, 0.2) is 36.5 Å². The van der Waals surface area contributed by atoms with E-state index in [9.17, 15) is 9.59 Å². The molecule has 0 spiro atoms. The van der Waals surface area contributed by atoms with E-state index >= 15 is 0 Å². The summed E-state index contributed by atoms with van der Waals surface area (Å²) >= 11 is 1.22. The summed E-state index contributed by atoms with van der Waals surface area (Å²) in [6, 6.07) is 9.13. The molecule has 1 amide bonds. The molecule has 2 N–H and O–H groups in total. The zero-order chi connectivity index (χ0) is 17.4. The van der Waals surface area contributed by atoms with E-state index in [1.54, 1.807) is 24.3 Å². The van der Waals surface area contributed by atoms with Gasteiger partial charge in [-0.3, -0.25) is 9.48 Å². The lowest BCUT2D eigenvalue weighted by Crippen LogP contribution is -2.14. The van der Waals surface area contributed by atoms with Crippen LogP contribution >= 0.6 is 11.3 Å². The zero-order valence-corrected chi connectivity index (χ0v) is 14.3. The number of aromatic nitrogens is 2. The second kappa shape index (κ2) is 6.33. The fourth-order valence-electron chi connectivity index (χ4n) is 3.25. The van der Waals surface area contributed by atoms with Crippen LogP contribution in [0.2, 0.25) is 0 Å². The molecule has 1 aliphatic carbocycles. The zero-order valence-electron chi connectivity index (χ0n) is 13.4. The molecule has 0 aliphatic heterocycles. The van der Waals surface area contributed by atoms with Gasteiger partial charge in [-0.1, -0.05) is 12.8 Å². The highest BCUT2D eigenvalue weighted by atomic mass is 32.1. The van der Waals surface area contributed by atoms with Crippen LogP contribution in [0.3, 0.4) is 0 Å². The number of fused-ring (bicyclic) bond motifs is 1. The predicted molar refractivity (Wildman–Crippen MR) is 96.5 cm³/mol. The molecular formula is C18H17N3O3S. The van der Waals surface area contributed by atoms with E-state index in [0.717, 1.165) is 22.9 Å². The highest BCUT2D eigenvalue weighted by molar-refractivity contribution is 7.20. The van der Waals surface area contributed by atoms with Crippen molar-refractivity contribution in [2.24, 2.45) is 0 Å². The second-order valence-corrected chi connectivity index (χ2v) is 7.33. The fraction of sp³-hybridized carbons (Fsp3) is 0.278. The summed E-state index contributed by atoms with van der Waals surface area (Å²) in [4.78, 5) is 23.8. The number of rotatable bonds is 4. The number of amides is 1. The molecule has 4 rings (SSSR count). The van der Waals surface area contributed by atoms with E-state index in [-0.39, 0.29) is 10.8 Å². The van der Waals surface area contributed by atoms with Crippen molar-refractivity contribution in [1.82, 2.24) is 9.78 Å². The monoisotopic (exact) mass is 355 g/mol. The number of hydrogen-bond acceptors (Lipinski definition) is 4. The van der Waals surface area contributed by atoms with Crippen molar-refractivity contribution in [3.8, 4) is 0 Å². The maximum Gasteiger partial charge on any atom is 0.345 e. The third-order valence-electron chi connectivity index (χ3n) is 4.52. The quantitative estimate of drug-likeness (QED) is 0.736. The highest BCUT2D eigenvalue weighted by Crippen LogP contribution is 2.29. The van der Waals surface area contributed by atoms with Crippen molar-refractivity contribution >= 4 is 39.0 Å². The van der Waals surface area contributed by atoms with Gasteiger partial charge in [0.25, 0.3) is 5.91 Å². The number of carboxylic acids is 1. The lowest BCUT2D eigenvalue weighted by Gasteiger charge is -2.08. The molecule has 0 saturated heterocycles. The Morgan fingerprint density at radius 1 is 1.20 bits per heavy atom. The van der Waals surface area contributed by atoms with Crippen molar-refractivity contribution < 1.29 is 14.7 Å². The number of nitrogens with zero attached hydrogens (tertiary/aromatic N) is 2. The molecule has 0 bridgehead atoms. The topological polar surface area (TPSA) is 84.2 Å². The van der Waals surface area contributed by atoms with Gasteiger partial charge in [-0.15, -0.1) is 11.3 Å². The fourth-order valence-corrected chi connectivity index (χ4v) is 4.13. The number of thiophene rings is 1. The second-order valence-electron chi connectivity index (χ2n) is 6.24. The highest BCUT2D eigenvalue weighted by Gasteiger charge is 2.19. The van der Waals surface area contributed by atoms with Crippen LogP contribution in [0, 0.1) is 0 Å². The standard InChI is InChI=1S/C18H17N3O3S/c22-17(14-7-8-21(20-14)13-3-1-2-4-13)19-12-5-6-15-11(9-12)10-16(25-15)18(23)24/h5-10,13H,1-4H2,(H,19,22)(H,23,24). The molecule has 0 radical (unpaired) electrons. The van der Waals surface area contributed by atoms with Crippen molar-refractivity contribution in [2.75, 3.05) is 5.32 Å². The van der Waals surface area contributed by atoms with E-state index in [1.165, 1.54) is 24.2 Å². The smallest absolute Gasteiger partial charge is 0.345 e. The summed E-state index contributed by atoms with van der Waals surface area (Å²) in [6.07, 6.45) is 6.52. The average molecular weight is 355 g/mol. The van der Waals surface area contributed by atoms with Crippen LogP contribution in [0.25, 0.3) is 10.1 Å². The summed E-state index contributed by atoms with van der Waals surface area (Å²) in [5, 5.41) is 17.1. The molecule has 1 fully saturated rings. The van der Waals surface area contributed by atoms with Crippen LogP contribution < -0.4 is 5.32 Å². The van der Waals surface area contributed by atoms with Crippen LogP contribution in [0.5, 0.6) is 0 Å². The first-order valence-electron chi connectivity index (χ1n) is 8.23. The van der Waals surface area contributed by atoms with E-state index in [0.29, 0.717) is 17.4 Å². The Kier molecular flexibility index (Phi) is 4.01. The molecule has 1 saturated carbocycles. The van der Waals surface area contributed by atoms with Gasteiger partial charge in [0, 0.05) is 16.6 Å². The van der Waals surface area contributed by atoms with E-state index in [2.05, 4.69) is 10.4 Å². The number of benzene rings is 1. The molecule has 3 aromatic rings. The number of carbonyl (C=O) groups is 2. The minimum atomic E-state index is -0.941. The SMILES string of the molecule is O=C(Nc1ccc2sc(C(=O)O)cc2c1)c1ccn(C2CCCC2)n1. The molecule has 2 aromatic heterocycles. The maximum atomic E-state index is 12.4. The van der Waals surface area contributed by atoms with Gasteiger partial charge in [0.1, 0.15) is 4.88 Å². The molecule has 1 aliphatic rings. The van der Waals surface area contributed by atoms with E-state index < -0.39 is 5.97 Å². The number of carboxylic acid groups (broad SMARTS) is 1. The molecule has 6 nitrogen and oxygen atoms in total. The number of anilines is 1. The Morgan fingerprint density at radius 2 is 2.00 bits per heavy atom. The molecule has 0 unspecified atom stereocenters. The Bertz CT molecular complexity index is 954. The van der Waals surface area contributed by atoms with Crippen LogP contribution in [0.4, 0.5) is 5.69 Å². The summed E-state index contributed by atoms with van der Waals surface area (Å²) in [6.45, 7) is 0. The normalized spacial score (nSPS) is 14.9. The Hall–Kier alpha value is -2.67. The molecule has 128 valence electrons. The van der Waals surface area contributed by atoms with Gasteiger partial charge in [-0.2, -0.15) is 5.10 Å². The van der Waals surface area contributed by atoms with Gasteiger partial charge in [-0.05, 0) is 48.6 Å². The Labute approximate surface area is 148 Å². The van der Waals surface area contributed by atoms with Crippen molar-refractivity contribution in [2.45, 2.75) is 31.7 Å². The van der Waals surface area contributed by atoms with Crippen LogP contribution in [-0.2, 0) is 0 Å². The number of aromatic carboxylic acids is 1. The van der Waals surface area contributed by atoms with Gasteiger partial charge >= 0.3 is 5.97 Å². The molecule has 7 heteroatoms. The largest absolute Gasteiger partial charge is 0.477 e. The Morgan fingerprint density at radius 3 is 2.76 bits per heavy atom. The lowest BCUT2D eigenvalue weighted by atomic mass is 10.2. The van der Waals surface area contributed by atoms with Gasteiger partial charge in [0.05, 0.1) is 6.04 Å². The van der Waals surface area contributed by atoms with Crippen LogP contribution in [0.1, 0.15) is 51.9 Å². The first-order valence-corrected chi connectivity index (χ1v) is 9.05. The molecule has 2 heterocycles.